The molecule has 1 saturated carbocycles. The van der Waals surface area contributed by atoms with Crippen molar-refractivity contribution in [3.05, 3.63) is 27.9 Å². The number of hydrogen-bond acceptors (Lipinski definition) is 4. The fourth-order valence-corrected chi connectivity index (χ4v) is 2.71. The number of hydrogen-bond donors (Lipinski definition) is 1. The van der Waals surface area contributed by atoms with Crippen LogP contribution in [0.3, 0.4) is 0 Å². The summed E-state index contributed by atoms with van der Waals surface area (Å²) < 4.78 is 0. The van der Waals surface area contributed by atoms with E-state index in [0.717, 1.165) is 24.6 Å². The summed E-state index contributed by atoms with van der Waals surface area (Å²) in [5, 5.41) is 14.2. The zero-order chi connectivity index (χ0) is 14.0. The van der Waals surface area contributed by atoms with Gasteiger partial charge in [-0.3, -0.25) is 10.1 Å². The Morgan fingerprint density at radius 1 is 1.37 bits per heavy atom. The van der Waals surface area contributed by atoms with Crippen LogP contribution in [0.25, 0.3) is 0 Å². The summed E-state index contributed by atoms with van der Waals surface area (Å²) in [4.78, 5) is 14.5. The maximum atomic E-state index is 10.7. The summed E-state index contributed by atoms with van der Waals surface area (Å²) >= 11 is 0. The molecule has 0 amide bonds. The first kappa shape index (κ1) is 13.8. The Morgan fingerprint density at radius 2 is 2.11 bits per heavy atom. The Balaban J connectivity index is 2.04. The van der Waals surface area contributed by atoms with Crippen molar-refractivity contribution >= 4 is 11.5 Å². The highest BCUT2D eigenvalue weighted by Gasteiger charge is 2.24. The van der Waals surface area contributed by atoms with Crippen molar-refractivity contribution in [2.75, 3.05) is 5.32 Å². The number of pyridine rings is 1. The molecule has 0 aromatic carbocycles. The van der Waals surface area contributed by atoms with Crippen molar-refractivity contribution in [3.8, 4) is 0 Å². The van der Waals surface area contributed by atoms with Gasteiger partial charge in [-0.1, -0.05) is 13.8 Å². The number of nitro groups is 1. The van der Waals surface area contributed by atoms with Gasteiger partial charge in [-0.25, -0.2) is 4.98 Å². The van der Waals surface area contributed by atoms with Gasteiger partial charge in [0.1, 0.15) is 12.0 Å². The summed E-state index contributed by atoms with van der Waals surface area (Å²) in [5.41, 5.74) is 0.732. The quantitative estimate of drug-likeness (QED) is 0.669. The van der Waals surface area contributed by atoms with Gasteiger partial charge in [0.15, 0.2) is 0 Å². The predicted octanol–water partition coefficient (Wildman–Crippen LogP) is 3.53. The van der Waals surface area contributed by atoms with E-state index in [1.54, 1.807) is 13.0 Å². The van der Waals surface area contributed by atoms with E-state index in [9.17, 15) is 10.1 Å². The second-order valence-corrected chi connectivity index (χ2v) is 5.72. The molecule has 0 bridgehead atoms. The van der Waals surface area contributed by atoms with Crippen LogP contribution in [0.4, 0.5) is 11.5 Å². The molecular formula is C14H21N3O2. The predicted molar refractivity (Wildman–Crippen MR) is 75.2 cm³/mol. The zero-order valence-electron chi connectivity index (χ0n) is 11.7. The molecule has 0 saturated heterocycles. The van der Waals surface area contributed by atoms with Gasteiger partial charge in [0.2, 0.25) is 0 Å². The highest BCUT2D eigenvalue weighted by Crippen LogP contribution is 2.31. The number of nitrogens with one attached hydrogen (secondary N) is 1. The lowest BCUT2D eigenvalue weighted by molar-refractivity contribution is -0.385. The molecule has 19 heavy (non-hydrogen) atoms. The molecule has 1 aromatic rings. The lowest BCUT2D eigenvalue weighted by Crippen LogP contribution is -2.30. The molecule has 1 heterocycles. The van der Waals surface area contributed by atoms with Gasteiger partial charge in [0.05, 0.1) is 4.92 Å². The number of nitrogens with zero attached hydrogens (tertiary/aromatic N) is 2. The molecule has 5 nitrogen and oxygen atoms in total. The highest BCUT2D eigenvalue weighted by molar-refractivity contribution is 5.47. The third-order valence-electron chi connectivity index (χ3n) is 4.23. The second kappa shape index (κ2) is 5.55. The standard InChI is InChI=1S/C14H21N3O2/c1-9-4-5-12(6-10(9)2)16-14-7-11(3)13(8-15-14)17(18)19/h7-10,12H,4-6H2,1-3H3,(H,15,16). The van der Waals surface area contributed by atoms with Crippen molar-refractivity contribution < 1.29 is 4.92 Å². The molecule has 104 valence electrons. The Labute approximate surface area is 113 Å². The van der Waals surface area contributed by atoms with Crippen LogP contribution in [0.1, 0.15) is 38.7 Å². The molecule has 1 aliphatic carbocycles. The lowest BCUT2D eigenvalue weighted by Gasteiger charge is -2.32. The summed E-state index contributed by atoms with van der Waals surface area (Å²) in [5.74, 6) is 2.24. The van der Waals surface area contributed by atoms with E-state index in [2.05, 4.69) is 24.1 Å². The summed E-state index contributed by atoms with van der Waals surface area (Å²) in [6.45, 7) is 6.33. The molecule has 2 rings (SSSR count). The van der Waals surface area contributed by atoms with Crippen LogP contribution in [-0.4, -0.2) is 15.9 Å². The largest absolute Gasteiger partial charge is 0.367 e. The topological polar surface area (TPSA) is 68.1 Å². The van der Waals surface area contributed by atoms with Gasteiger partial charge in [-0.05, 0) is 44.1 Å². The second-order valence-electron chi connectivity index (χ2n) is 5.72. The van der Waals surface area contributed by atoms with E-state index in [1.165, 1.54) is 12.6 Å². The first-order chi connectivity index (χ1) is 8.97. The van der Waals surface area contributed by atoms with Crippen LogP contribution in [-0.2, 0) is 0 Å². The Bertz CT molecular complexity index is 476. The lowest BCUT2D eigenvalue weighted by atomic mass is 9.79. The van der Waals surface area contributed by atoms with Crippen LogP contribution >= 0.6 is 0 Å². The molecule has 1 aliphatic rings. The van der Waals surface area contributed by atoms with Crippen LogP contribution in [0.2, 0.25) is 0 Å². The highest BCUT2D eigenvalue weighted by atomic mass is 16.6. The van der Waals surface area contributed by atoms with E-state index in [4.69, 9.17) is 0 Å². The van der Waals surface area contributed by atoms with E-state index in [1.807, 2.05) is 0 Å². The summed E-state index contributed by atoms with van der Waals surface area (Å²) in [7, 11) is 0. The Morgan fingerprint density at radius 3 is 2.68 bits per heavy atom. The van der Waals surface area contributed by atoms with Crippen molar-refractivity contribution in [3.63, 3.8) is 0 Å². The molecular weight excluding hydrogens is 242 g/mol. The van der Waals surface area contributed by atoms with Gasteiger partial charge in [0.25, 0.3) is 5.69 Å². The van der Waals surface area contributed by atoms with Gasteiger partial charge in [0, 0.05) is 11.6 Å². The third kappa shape index (κ3) is 3.22. The molecule has 0 radical (unpaired) electrons. The molecule has 1 aromatic heterocycles. The Kier molecular flexibility index (Phi) is 4.02. The maximum Gasteiger partial charge on any atom is 0.290 e. The molecule has 1 N–H and O–H groups in total. The maximum absolute atomic E-state index is 10.7. The SMILES string of the molecule is Cc1cc(NC2CCC(C)C(C)C2)ncc1[N+](=O)[O-]. The number of aromatic nitrogens is 1. The fraction of sp³-hybridized carbons (Fsp3) is 0.643. The monoisotopic (exact) mass is 263 g/mol. The number of anilines is 1. The molecule has 0 spiro atoms. The number of aryl methyl sites for hydroxylation is 1. The van der Waals surface area contributed by atoms with Crippen LogP contribution < -0.4 is 5.32 Å². The van der Waals surface area contributed by atoms with E-state index < -0.39 is 4.92 Å². The third-order valence-corrected chi connectivity index (χ3v) is 4.23. The summed E-state index contributed by atoms with van der Waals surface area (Å²) in [6.07, 6.45) is 4.85. The van der Waals surface area contributed by atoms with Crippen molar-refractivity contribution in [2.24, 2.45) is 11.8 Å². The molecule has 5 heteroatoms. The normalized spacial score (nSPS) is 27.0. The molecule has 0 aliphatic heterocycles. The van der Waals surface area contributed by atoms with Crippen molar-refractivity contribution in [2.45, 2.75) is 46.1 Å². The molecule has 3 atom stereocenters. The van der Waals surface area contributed by atoms with Crippen molar-refractivity contribution in [1.29, 1.82) is 0 Å². The Hall–Kier alpha value is -1.65. The minimum atomic E-state index is -0.392. The van der Waals surface area contributed by atoms with Crippen LogP contribution in [0.5, 0.6) is 0 Å². The molecule has 1 fully saturated rings. The van der Waals surface area contributed by atoms with Crippen LogP contribution in [0.15, 0.2) is 12.3 Å². The zero-order valence-corrected chi connectivity index (χ0v) is 11.7. The van der Waals surface area contributed by atoms with Crippen molar-refractivity contribution in [1.82, 2.24) is 4.98 Å². The van der Waals surface area contributed by atoms with Gasteiger partial charge < -0.3 is 5.32 Å². The van der Waals surface area contributed by atoms with E-state index in [0.29, 0.717) is 17.5 Å². The summed E-state index contributed by atoms with van der Waals surface area (Å²) in [6, 6.07) is 2.19. The first-order valence-corrected chi connectivity index (χ1v) is 6.85. The van der Waals surface area contributed by atoms with Crippen LogP contribution in [0, 0.1) is 28.9 Å². The smallest absolute Gasteiger partial charge is 0.290 e. The van der Waals surface area contributed by atoms with Gasteiger partial charge >= 0.3 is 0 Å². The first-order valence-electron chi connectivity index (χ1n) is 6.85. The molecule has 3 unspecified atom stereocenters. The minimum absolute atomic E-state index is 0.0798. The van der Waals surface area contributed by atoms with Gasteiger partial charge in [-0.15, -0.1) is 0 Å². The average Bonchev–Trinajstić information content (AvgIpc) is 2.33. The minimum Gasteiger partial charge on any atom is -0.367 e. The van der Waals surface area contributed by atoms with E-state index >= 15 is 0 Å². The number of rotatable bonds is 3. The van der Waals surface area contributed by atoms with E-state index in [-0.39, 0.29) is 5.69 Å². The fourth-order valence-electron chi connectivity index (χ4n) is 2.71. The average molecular weight is 263 g/mol. The van der Waals surface area contributed by atoms with Gasteiger partial charge in [-0.2, -0.15) is 0 Å².